The molecule has 0 heterocycles. The third-order valence-electron chi connectivity index (χ3n) is 2.56. The monoisotopic (exact) mass is 299 g/mol. The smallest absolute Gasteiger partial charge is 0.326 e. The summed E-state index contributed by atoms with van der Waals surface area (Å²) in [6, 6.07) is 5.38. The van der Waals surface area contributed by atoms with Crippen LogP contribution in [-0.4, -0.2) is 34.1 Å². The van der Waals surface area contributed by atoms with Crippen LogP contribution in [-0.2, 0) is 20.8 Å². The molecule has 1 unspecified atom stereocenters. The van der Waals surface area contributed by atoms with Crippen LogP contribution in [0.2, 0.25) is 5.02 Å². The largest absolute Gasteiger partial charge is 0.481 e. The average molecular weight is 300 g/mol. The van der Waals surface area contributed by atoms with Crippen LogP contribution in [0.5, 0.6) is 0 Å². The van der Waals surface area contributed by atoms with Crippen molar-refractivity contribution < 1.29 is 24.6 Å². The van der Waals surface area contributed by atoms with E-state index in [2.05, 4.69) is 5.32 Å². The van der Waals surface area contributed by atoms with Crippen molar-refractivity contribution in [2.24, 2.45) is 0 Å². The van der Waals surface area contributed by atoms with Crippen LogP contribution < -0.4 is 5.32 Å². The standard InChI is InChI=1S/C13H14ClNO5/c14-9-3-1-8(2-4-9)7-11(16)15-10(13(19)20)5-6-12(17)18/h1-4,10H,5-7H2,(H,15,16)(H,17,18)(H,19,20). The number of carbonyl (C=O) groups is 3. The first-order valence-corrected chi connectivity index (χ1v) is 6.24. The van der Waals surface area contributed by atoms with Gasteiger partial charge in [-0.2, -0.15) is 0 Å². The maximum absolute atomic E-state index is 11.7. The molecule has 0 saturated carbocycles. The number of rotatable bonds is 7. The van der Waals surface area contributed by atoms with Crippen LogP contribution in [0.4, 0.5) is 0 Å². The SMILES string of the molecule is O=C(O)CCC(NC(=O)Cc1ccc(Cl)cc1)C(=O)O. The molecule has 0 radical (unpaired) electrons. The van der Waals surface area contributed by atoms with Crippen molar-refractivity contribution in [3.63, 3.8) is 0 Å². The van der Waals surface area contributed by atoms with E-state index in [1.54, 1.807) is 24.3 Å². The molecule has 1 aromatic rings. The quantitative estimate of drug-likeness (QED) is 0.704. The van der Waals surface area contributed by atoms with Gasteiger partial charge >= 0.3 is 11.9 Å². The third kappa shape index (κ3) is 5.71. The molecule has 1 atom stereocenters. The fourth-order valence-electron chi connectivity index (χ4n) is 1.56. The van der Waals surface area contributed by atoms with Gasteiger partial charge in [-0.15, -0.1) is 0 Å². The second kappa shape index (κ2) is 7.49. The summed E-state index contributed by atoms with van der Waals surface area (Å²) in [4.78, 5) is 33.0. The molecule has 0 fully saturated rings. The lowest BCUT2D eigenvalue weighted by molar-refractivity contribution is -0.143. The minimum absolute atomic E-state index is 0.00796. The zero-order valence-corrected chi connectivity index (χ0v) is 11.3. The van der Waals surface area contributed by atoms with Crippen LogP contribution in [0.25, 0.3) is 0 Å². The first-order chi connectivity index (χ1) is 9.38. The Morgan fingerprint density at radius 2 is 1.75 bits per heavy atom. The molecule has 7 heteroatoms. The van der Waals surface area contributed by atoms with Crippen molar-refractivity contribution in [1.29, 1.82) is 0 Å². The molecule has 0 spiro atoms. The Bertz CT molecular complexity index is 500. The highest BCUT2D eigenvalue weighted by molar-refractivity contribution is 6.30. The summed E-state index contributed by atoms with van der Waals surface area (Å²) in [5, 5.41) is 20.3. The zero-order chi connectivity index (χ0) is 15.1. The van der Waals surface area contributed by atoms with E-state index in [0.29, 0.717) is 10.6 Å². The van der Waals surface area contributed by atoms with Gasteiger partial charge in [0.05, 0.1) is 6.42 Å². The van der Waals surface area contributed by atoms with Crippen LogP contribution in [0, 0.1) is 0 Å². The highest BCUT2D eigenvalue weighted by atomic mass is 35.5. The Hall–Kier alpha value is -2.08. The maximum atomic E-state index is 11.7. The van der Waals surface area contributed by atoms with Crippen LogP contribution in [0.15, 0.2) is 24.3 Å². The van der Waals surface area contributed by atoms with Gasteiger partial charge in [-0.25, -0.2) is 4.79 Å². The fraction of sp³-hybridized carbons (Fsp3) is 0.308. The van der Waals surface area contributed by atoms with E-state index in [4.69, 9.17) is 21.8 Å². The molecule has 0 bridgehead atoms. The van der Waals surface area contributed by atoms with Gasteiger partial charge < -0.3 is 15.5 Å². The molecular formula is C13H14ClNO5. The number of nitrogens with one attached hydrogen (secondary N) is 1. The van der Waals surface area contributed by atoms with Gasteiger partial charge in [0.25, 0.3) is 0 Å². The lowest BCUT2D eigenvalue weighted by Crippen LogP contribution is -2.41. The van der Waals surface area contributed by atoms with Crippen LogP contribution in [0.3, 0.4) is 0 Å². The van der Waals surface area contributed by atoms with Gasteiger partial charge in [-0.1, -0.05) is 23.7 Å². The van der Waals surface area contributed by atoms with Crippen molar-refractivity contribution in [3.05, 3.63) is 34.9 Å². The molecule has 1 aromatic carbocycles. The number of benzene rings is 1. The van der Waals surface area contributed by atoms with E-state index in [-0.39, 0.29) is 19.3 Å². The zero-order valence-electron chi connectivity index (χ0n) is 10.5. The van der Waals surface area contributed by atoms with E-state index < -0.39 is 23.9 Å². The number of hydrogen-bond donors (Lipinski definition) is 3. The number of halogens is 1. The van der Waals surface area contributed by atoms with Gasteiger partial charge in [-0.3, -0.25) is 9.59 Å². The second-order valence-electron chi connectivity index (χ2n) is 4.19. The lowest BCUT2D eigenvalue weighted by atomic mass is 10.1. The molecule has 0 aliphatic heterocycles. The summed E-state index contributed by atoms with van der Waals surface area (Å²) >= 11 is 5.71. The molecule has 3 N–H and O–H groups in total. The minimum atomic E-state index is -1.25. The number of amides is 1. The van der Waals surface area contributed by atoms with Gasteiger partial charge in [0.1, 0.15) is 6.04 Å². The number of aliphatic carboxylic acids is 2. The molecular weight excluding hydrogens is 286 g/mol. The summed E-state index contributed by atoms with van der Waals surface area (Å²) in [7, 11) is 0. The van der Waals surface area contributed by atoms with Crippen LogP contribution in [0.1, 0.15) is 18.4 Å². The lowest BCUT2D eigenvalue weighted by Gasteiger charge is -2.13. The Kier molecular flexibility index (Phi) is 5.99. The summed E-state index contributed by atoms with van der Waals surface area (Å²) in [6.07, 6.45) is -0.469. The Morgan fingerprint density at radius 1 is 1.15 bits per heavy atom. The molecule has 108 valence electrons. The Labute approximate surface area is 120 Å². The van der Waals surface area contributed by atoms with Crippen molar-refractivity contribution >= 4 is 29.4 Å². The topological polar surface area (TPSA) is 104 Å². The summed E-state index contributed by atoms with van der Waals surface area (Å²) < 4.78 is 0. The first kappa shape index (κ1) is 16.0. The Balaban J connectivity index is 2.55. The third-order valence-corrected chi connectivity index (χ3v) is 2.81. The van der Waals surface area contributed by atoms with E-state index in [1.165, 1.54) is 0 Å². The Morgan fingerprint density at radius 3 is 2.25 bits per heavy atom. The van der Waals surface area contributed by atoms with Crippen molar-refractivity contribution in [3.8, 4) is 0 Å². The van der Waals surface area contributed by atoms with Gasteiger partial charge in [0, 0.05) is 11.4 Å². The predicted molar refractivity (Wildman–Crippen MR) is 71.6 cm³/mol. The second-order valence-corrected chi connectivity index (χ2v) is 4.63. The maximum Gasteiger partial charge on any atom is 0.326 e. The number of carboxylic acids is 2. The van der Waals surface area contributed by atoms with E-state index in [1.807, 2.05) is 0 Å². The minimum Gasteiger partial charge on any atom is -0.481 e. The van der Waals surface area contributed by atoms with Crippen molar-refractivity contribution in [2.75, 3.05) is 0 Å². The van der Waals surface area contributed by atoms with E-state index in [0.717, 1.165) is 0 Å². The fourth-order valence-corrected chi connectivity index (χ4v) is 1.68. The van der Waals surface area contributed by atoms with Gasteiger partial charge in [-0.05, 0) is 24.1 Å². The van der Waals surface area contributed by atoms with Crippen molar-refractivity contribution in [2.45, 2.75) is 25.3 Å². The van der Waals surface area contributed by atoms with Crippen molar-refractivity contribution in [1.82, 2.24) is 5.32 Å². The highest BCUT2D eigenvalue weighted by Crippen LogP contribution is 2.10. The first-order valence-electron chi connectivity index (χ1n) is 5.87. The average Bonchev–Trinajstić information content (AvgIpc) is 2.36. The highest BCUT2D eigenvalue weighted by Gasteiger charge is 2.20. The van der Waals surface area contributed by atoms with E-state index >= 15 is 0 Å². The molecule has 0 aromatic heterocycles. The number of hydrogen-bond acceptors (Lipinski definition) is 3. The summed E-state index contributed by atoms with van der Waals surface area (Å²) in [5.74, 6) is -2.84. The molecule has 0 saturated heterocycles. The van der Waals surface area contributed by atoms with Crippen LogP contribution >= 0.6 is 11.6 Å². The predicted octanol–water partition coefficient (Wildman–Crippen LogP) is 1.32. The normalized spacial score (nSPS) is 11.7. The molecule has 1 rings (SSSR count). The molecule has 0 aliphatic rings. The molecule has 0 aliphatic carbocycles. The number of carboxylic acid groups (broad SMARTS) is 2. The summed E-state index contributed by atoms with van der Waals surface area (Å²) in [5.41, 5.74) is 0.689. The van der Waals surface area contributed by atoms with Gasteiger partial charge in [0.15, 0.2) is 0 Å². The van der Waals surface area contributed by atoms with Gasteiger partial charge in [0.2, 0.25) is 5.91 Å². The summed E-state index contributed by atoms with van der Waals surface area (Å²) in [6.45, 7) is 0. The van der Waals surface area contributed by atoms with E-state index in [9.17, 15) is 14.4 Å². The number of carbonyl (C=O) groups excluding carboxylic acids is 1. The molecule has 6 nitrogen and oxygen atoms in total. The molecule has 20 heavy (non-hydrogen) atoms. The molecule has 1 amide bonds.